The number of oxime groups is 1. The third-order valence-corrected chi connectivity index (χ3v) is 2.81. The van der Waals surface area contributed by atoms with Crippen LogP contribution >= 0.6 is 0 Å². The molecule has 3 nitrogen and oxygen atoms in total. The van der Waals surface area contributed by atoms with Crippen LogP contribution in [0.25, 0.3) is 6.08 Å². The number of hydrogen-bond acceptors (Lipinski definition) is 3. The molecule has 0 spiro atoms. The molecule has 0 radical (unpaired) electrons. The average molecular weight is 267 g/mol. The van der Waals surface area contributed by atoms with Crippen molar-refractivity contribution in [3.8, 4) is 5.75 Å². The summed E-state index contributed by atoms with van der Waals surface area (Å²) in [7, 11) is 1.64. The van der Waals surface area contributed by atoms with Gasteiger partial charge in [0, 0.05) is 0 Å². The van der Waals surface area contributed by atoms with E-state index in [1.807, 2.05) is 54.6 Å². The Labute approximate surface area is 119 Å². The SMILES string of the molecule is C=Cc1cccc(CON=Cc2ccc(OC)cc2)c1. The average Bonchev–Trinajstić information content (AvgIpc) is 2.52. The summed E-state index contributed by atoms with van der Waals surface area (Å²) >= 11 is 0. The normalized spacial score (nSPS) is 10.4. The van der Waals surface area contributed by atoms with E-state index in [1.54, 1.807) is 13.3 Å². The first-order valence-corrected chi connectivity index (χ1v) is 6.32. The molecule has 0 aliphatic heterocycles. The fourth-order valence-electron chi connectivity index (χ4n) is 1.71. The van der Waals surface area contributed by atoms with E-state index in [-0.39, 0.29) is 0 Å². The van der Waals surface area contributed by atoms with Crippen LogP contribution in [0.2, 0.25) is 0 Å². The highest BCUT2D eigenvalue weighted by Crippen LogP contribution is 2.10. The lowest BCUT2D eigenvalue weighted by molar-refractivity contribution is 0.132. The van der Waals surface area contributed by atoms with Gasteiger partial charge < -0.3 is 9.57 Å². The number of benzene rings is 2. The Balaban J connectivity index is 1.87. The monoisotopic (exact) mass is 267 g/mol. The highest BCUT2D eigenvalue weighted by molar-refractivity contribution is 5.79. The van der Waals surface area contributed by atoms with E-state index in [0.29, 0.717) is 6.61 Å². The van der Waals surface area contributed by atoms with E-state index in [0.717, 1.165) is 22.4 Å². The van der Waals surface area contributed by atoms with Gasteiger partial charge in [0.05, 0.1) is 13.3 Å². The summed E-state index contributed by atoms with van der Waals surface area (Å²) in [6.07, 6.45) is 3.49. The van der Waals surface area contributed by atoms with Crippen molar-refractivity contribution in [3.63, 3.8) is 0 Å². The lowest BCUT2D eigenvalue weighted by Gasteiger charge is -2.01. The zero-order chi connectivity index (χ0) is 14.2. The third kappa shape index (κ3) is 3.99. The predicted molar refractivity (Wildman–Crippen MR) is 81.9 cm³/mol. The molecule has 0 saturated carbocycles. The molecule has 0 amide bonds. The summed E-state index contributed by atoms with van der Waals surface area (Å²) in [5, 5.41) is 3.96. The Bertz CT molecular complexity index is 588. The Morgan fingerprint density at radius 2 is 1.90 bits per heavy atom. The van der Waals surface area contributed by atoms with Crippen LogP contribution in [0, 0.1) is 0 Å². The standard InChI is InChI=1S/C17H17NO2/c1-3-14-5-4-6-16(11-14)13-20-18-12-15-7-9-17(19-2)10-8-15/h3-12H,1,13H2,2H3. The van der Waals surface area contributed by atoms with Crippen molar-refractivity contribution < 1.29 is 9.57 Å². The van der Waals surface area contributed by atoms with Crippen LogP contribution in [0.4, 0.5) is 0 Å². The van der Waals surface area contributed by atoms with Crippen molar-refractivity contribution in [3.05, 3.63) is 71.8 Å². The van der Waals surface area contributed by atoms with Gasteiger partial charge >= 0.3 is 0 Å². The molecule has 0 aliphatic carbocycles. The van der Waals surface area contributed by atoms with Crippen LogP contribution in [0.1, 0.15) is 16.7 Å². The minimum absolute atomic E-state index is 0.439. The molecule has 0 fully saturated rings. The Morgan fingerprint density at radius 1 is 1.10 bits per heavy atom. The van der Waals surface area contributed by atoms with Crippen LogP contribution < -0.4 is 4.74 Å². The van der Waals surface area contributed by atoms with Gasteiger partial charge in [-0.25, -0.2) is 0 Å². The lowest BCUT2D eigenvalue weighted by Crippen LogP contribution is -1.89. The molecule has 0 N–H and O–H groups in total. The van der Waals surface area contributed by atoms with Crippen molar-refractivity contribution in [2.24, 2.45) is 5.16 Å². The first-order valence-electron chi connectivity index (χ1n) is 6.32. The molecular formula is C17H17NO2. The zero-order valence-corrected chi connectivity index (χ0v) is 11.5. The molecular weight excluding hydrogens is 250 g/mol. The van der Waals surface area contributed by atoms with Gasteiger partial charge in [0.2, 0.25) is 0 Å². The van der Waals surface area contributed by atoms with E-state index in [9.17, 15) is 0 Å². The summed E-state index contributed by atoms with van der Waals surface area (Å²) < 4.78 is 5.09. The van der Waals surface area contributed by atoms with Crippen molar-refractivity contribution in [2.75, 3.05) is 7.11 Å². The minimum Gasteiger partial charge on any atom is -0.497 e. The Morgan fingerprint density at radius 3 is 2.60 bits per heavy atom. The van der Waals surface area contributed by atoms with Gasteiger partial charge in [0.25, 0.3) is 0 Å². The largest absolute Gasteiger partial charge is 0.497 e. The molecule has 0 aromatic heterocycles. The summed E-state index contributed by atoms with van der Waals surface area (Å²) in [6, 6.07) is 15.6. The van der Waals surface area contributed by atoms with E-state index < -0.39 is 0 Å². The molecule has 0 atom stereocenters. The number of ether oxygens (including phenoxy) is 1. The van der Waals surface area contributed by atoms with E-state index >= 15 is 0 Å². The van der Waals surface area contributed by atoms with Crippen molar-refractivity contribution in [1.82, 2.24) is 0 Å². The second-order valence-electron chi connectivity index (χ2n) is 4.23. The van der Waals surface area contributed by atoms with Crippen molar-refractivity contribution in [2.45, 2.75) is 6.61 Å². The zero-order valence-electron chi connectivity index (χ0n) is 11.5. The molecule has 2 aromatic carbocycles. The first kappa shape index (κ1) is 13.9. The maximum absolute atomic E-state index is 5.28. The topological polar surface area (TPSA) is 30.8 Å². The van der Waals surface area contributed by atoms with Gasteiger partial charge in [-0.15, -0.1) is 0 Å². The van der Waals surface area contributed by atoms with Gasteiger partial charge in [0.1, 0.15) is 12.4 Å². The van der Waals surface area contributed by atoms with Gasteiger partial charge in [0.15, 0.2) is 0 Å². The number of rotatable bonds is 6. The molecule has 3 heteroatoms. The summed E-state index contributed by atoms with van der Waals surface area (Å²) in [5.74, 6) is 0.823. The van der Waals surface area contributed by atoms with Crippen LogP contribution in [0.15, 0.2) is 60.3 Å². The summed E-state index contributed by atoms with van der Waals surface area (Å²) in [5.41, 5.74) is 3.10. The number of nitrogens with zero attached hydrogens (tertiary/aromatic N) is 1. The highest BCUT2D eigenvalue weighted by atomic mass is 16.6. The molecule has 0 bridgehead atoms. The smallest absolute Gasteiger partial charge is 0.142 e. The molecule has 2 rings (SSSR count). The predicted octanol–water partition coefficient (Wildman–Crippen LogP) is 3.89. The molecule has 2 aromatic rings. The van der Waals surface area contributed by atoms with Gasteiger partial charge in [-0.2, -0.15) is 0 Å². The second-order valence-corrected chi connectivity index (χ2v) is 4.23. The van der Waals surface area contributed by atoms with Gasteiger partial charge in [-0.3, -0.25) is 0 Å². The fourth-order valence-corrected chi connectivity index (χ4v) is 1.71. The summed E-state index contributed by atoms with van der Waals surface area (Å²) in [4.78, 5) is 5.28. The maximum Gasteiger partial charge on any atom is 0.142 e. The van der Waals surface area contributed by atoms with Crippen LogP contribution in [0.5, 0.6) is 5.75 Å². The number of hydrogen-bond donors (Lipinski definition) is 0. The fraction of sp³-hybridized carbons (Fsp3) is 0.118. The quantitative estimate of drug-likeness (QED) is 0.587. The van der Waals surface area contributed by atoms with Gasteiger partial charge in [-0.1, -0.05) is 36.0 Å². The Kier molecular flexibility index (Phi) is 4.95. The van der Waals surface area contributed by atoms with E-state index in [1.165, 1.54) is 0 Å². The van der Waals surface area contributed by atoms with E-state index in [2.05, 4.69) is 11.7 Å². The lowest BCUT2D eigenvalue weighted by atomic mass is 10.1. The van der Waals surface area contributed by atoms with Crippen LogP contribution in [0.3, 0.4) is 0 Å². The first-order chi connectivity index (χ1) is 9.81. The van der Waals surface area contributed by atoms with Crippen LogP contribution in [-0.2, 0) is 11.4 Å². The van der Waals surface area contributed by atoms with E-state index in [4.69, 9.17) is 9.57 Å². The minimum atomic E-state index is 0.439. The highest BCUT2D eigenvalue weighted by Gasteiger charge is 1.94. The maximum atomic E-state index is 5.28. The molecule has 20 heavy (non-hydrogen) atoms. The van der Waals surface area contributed by atoms with Crippen molar-refractivity contribution >= 4 is 12.3 Å². The summed E-state index contributed by atoms with van der Waals surface area (Å²) in [6.45, 7) is 4.18. The molecule has 0 saturated heterocycles. The molecule has 0 heterocycles. The third-order valence-electron chi connectivity index (χ3n) is 2.81. The van der Waals surface area contributed by atoms with Gasteiger partial charge in [-0.05, 0) is 47.0 Å². The Hall–Kier alpha value is -2.55. The van der Waals surface area contributed by atoms with Crippen molar-refractivity contribution in [1.29, 1.82) is 0 Å². The second kappa shape index (κ2) is 7.14. The van der Waals surface area contributed by atoms with Crippen LogP contribution in [-0.4, -0.2) is 13.3 Å². The number of methoxy groups -OCH3 is 1. The molecule has 102 valence electrons. The molecule has 0 aliphatic rings. The molecule has 0 unspecified atom stereocenters.